The lowest BCUT2D eigenvalue weighted by Crippen LogP contribution is -2.41. The third-order valence-electron chi connectivity index (χ3n) is 3.30. The van der Waals surface area contributed by atoms with Crippen LogP contribution in [-0.4, -0.2) is 32.4 Å². The minimum atomic E-state index is -0.155. The molecule has 1 N–H and O–H groups in total. The van der Waals surface area contributed by atoms with Gasteiger partial charge in [-0.1, -0.05) is 12.2 Å². The van der Waals surface area contributed by atoms with Gasteiger partial charge in [0.25, 0.3) is 0 Å². The predicted octanol–water partition coefficient (Wildman–Crippen LogP) is 1.76. The highest BCUT2D eigenvalue weighted by atomic mass is 19.1. The lowest BCUT2D eigenvalue weighted by atomic mass is 10.1. The summed E-state index contributed by atoms with van der Waals surface area (Å²) >= 11 is 0. The van der Waals surface area contributed by atoms with Gasteiger partial charge in [0.15, 0.2) is 0 Å². The summed E-state index contributed by atoms with van der Waals surface area (Å²) in [5.41, 5.74) is 1.61. The van der Waals surface area contributed by atoms with Crippen LogP contribution in [0.25, 0.3) is 6.08 Å². The van der Waals surface area contributed by atoms with Crippen molar-refractivity contribution in [1.82, 2.24) is 5.32 Å². The molecule has 0 amide bonds. The van der Waals surface area contributed by atoms with E-state index in [2.05, 4.69) is 5.32 Å². The molecule has 3 rings (SSSR count). The average Bonchev–Trinajstić information content (AvgIpc) is 2.90. The average molecular weight is 249 g/mol. The molecule has 3 nitrogen and oxygen atoms in total. The Morgan fingerprint density at radius 1 is 1.44 bits per heavy atom. The smallest absolute Gasteiger partial charge is 0.127 e. The molecule has 1 aliphatic heterocycles. The highest BCUT2D eigenvalue weighted by molar-refractivity contribution is 5.66. The maximum absolute atomic E-state index is 13.5. The Hall–Kier alpha value is -1.39. The SMILES string of the molecule is Fc1ccc(OCC2CNCCO2)c2c1CC=C2. The first kappa shape index (κ1) is 11.7. The molecule has 1 saturated heterocycles. The molecule has 4 heteroatoms. The van der Waals surface area contributed by atoms with Crippen molar-refractivity contribution in [1.29, 1.82) is 0 Å². The Labute approximate surface area is 106 Å². The van der Waals surface area contributed by atoms with Crippen LogP contribution in [0.4, 0.5) is 4.39 Å². The zero-order chi connectivity index (χ0) is 12.4. The van der Waals surface area contributed by atoms with Crippen molar-refractivity contribution < 1.29 is 13.9 Å². The summed E-state index contributed by atoms with van der Waals surface area (Å²) in [5, 5.41) is 3.25. The Balaban J connectivity index is 1.69. The molecular weight excluding hydrogens is 233 g/mol. The molecular formula is C14H16FNO2. The number of rotatable bonds is 3. The van der Waals surface area contributed by atoms with E-state index >= 15 is 0 Å². The third kappa shape index (κ3) is 2.26. The van der Waals surface area contributed by atoms with Crippen molar-refractivity contribution in [3.63, 3.8) is 0 Å². The fourth-order valence-corrected chi connectivity index (χ4v) is 2.34. The van der Waals surface area contributed by atoms with Crippen LogP contribution in [0.15, 0.2) is 18.2 Å². The Morgan fingerprint density at radius 3 is 3.22 bits per heavy atom. The normalized spacial score (nSPS) is 21.9. The summed E-state index contributed by atoms with van der Waals surface area (Å²) in [6, 6.07) is 3.17. The number of nitrogens with one attached hydrogen (secondary N) is 1. The second kappa shape index (κ2) is 5.08. The highest BCUT2D eigenvalue weighted by Gasteiger charge is 2.18. The molecule has 1 heterocycles. The minimum absolute atomic E-state index is 0.0739. The van der Waals surface area contributed by atoms with Crippen LogP contribution >= 0.6 is 0 Å². The zero-order valence-corrected chi connectivity index (χ0v) is 10.1. The van der Waals surface area contributed by atoms with Crippen LogP contribution in [0.3, 0.4) is 0 Å². The predicted molar refractivity (Wildman–Crippen MR) is 67.2 cm³/mol. The molecule has 1 fully saturated rings. The first-order chi connectivity index (χ1) is 8.84. The number of ether oxygens (including phenoxy) is 2. The maximum atomic E-state index is 13.5. The summed E-state index contributed by atoms with van der Waals surface area (Å²) in [4.78, 5) is 0. The van der Waals surface area contributed by atoms with Gasteiger partial charge in [-0.05, 0) is 18.6 Å². The van der Waals surface area contributed by atoms with E-state index < -0.39 is 0 Å². The first-order valence-corrected chi connectivity index (χ1v) is 6.27. The number of hydrogen-bond donors (Lipinski definition) is 1. The standard InChI is InChI=1S/C14H16FNO2/c15-13-4-5-14(12-3-1-2-11(12)13)18-9-10-8-16-6-7-17-10/h1,3-5,10,16H,2,6-9H2. The highest BCUT2D eigenvalue weighted by Crippen LogP contribution is 2.31. The summed E-state index contributed by atoms with van der Waals surface area (Å²) in [6.07, 6.45) is 4.61. The maximum Gasteiger partial charge on any atom is 0.127 e. The second-order valence-electron chi connectivity index (χ2n) is 4.55. The van der Waals surface area contributed by atoms with E-state index in [1.165, 1.54) is 6.07 Å². The summed E-state index contributed by atoms with van der Waals surface area (Å²) < 4.78 is 24.9. The van der Waals surface area contributed by atoms with Crippen molar-refractivity contribution in [2.45, 2.75) is 12.5 Å². The van der Waals surface area contributed by atoms with E-state index in [4.69, 9.17) is 9.47 Å². The molecule has 0 spiro atoms. The van der Waals surface area contributed by atoms with E-state index in [0.717, 1.165) is 36.6 Å². The minimum Gasteiger partial charge on any atom is -0.490 e. The van der Waals surface area contributed by atoms with Crippen molar-refractivity contribution in [3.8, 4) is 5.75 Å². The van der Waals surface area contributed by atoms with Gasteiger partial charge in [0.1, 0.15) is 24.3 Å². The molecule has 2 aliphatic rings. The number of benzene rings is 1. The molecule has 96 valence electrons. The van der Waals surface area contributed by atoms with Crippen molar-refractivity contribution >= 4 is 6.08 Å². The zero-order valence-electron chi connectivity index (χ0n) is 10.1. The number of fused-ring (bicyclic) bond motifs is 1. The van der Waals surface area contributed by atoms with Crippen LogP contribution in [0, 0.1) is 5.82 Å². The fraction of sp³-hybridized carbons (Fsp3) is 0.429. The van der Waals surface area contributed by atoms with E-state index in [1.54, 1.807) is 6.07 Å². The van der Waals surface area contributed by atoms with Crippen LogP contribution in [-0.2, 0) is 11.2 Å². The van der Waals surface area contributed by atoms with Gasteiger partial charge in [-0.2, -0.15) is 0 Å². The van der Waals surface area contributed by atoms with Gasteiger partial charge >= 0.3 is 0 Å². The van der Waals surface area contributed by atoms with Crippen LogP contribution in [0.5, 0.6) is 5.75 Å². The van der Waals surface area contributed by atoms with E-state index in [9.17, 15) is 4.39 Å². The fourth-order valence-electron chi connectivity index (χ4n) is 2.34. The van der Waals surface area contributed by atoms with E-state index in [-0.39, 0.29) is 11.9 Å². The molecule has 1 atom stereocenters. The van der Waals surface area contributed by atoms with Gasteiger partial charge in [0.2, 0.25) is 0 Å². The quantitative estimate of drug-likeness (QED) is 0.885. The summed E-state index contributed by atoms with van der Waals surface area (Å²) in [7, 11) is 0. The van der Waals surface area contributed by atoms with Gasteiger partial charge in [0, 0.05) is 24.2 Å². The van der Waals surface area contributed by atoms with E-state index in [1.807, 2.05) is 12.2 Å². The van der Waals surface area contributed by atoms with Crippen LogP contribution in [0.1, 0.15) is 11.1 Å². The largest absolute Gasteiger partial charge is 0.490 e. The molecule has 1 unspecified atom stereocenters. The van der Waals surface area contributed by atoms with Gasteiger partial charge in [-0.3, -0.25) is 0 Å². The molecule has 0 radical (unpaired) electrons. The number of halogens is 1. The second-order valence-corrected chi connectivity index (χ2v) is 4.55. The Morgan fingerprint density at radius 2 is 2.39 bits per heavy atom. The molecule has 0 aromatic heterocycles. The number of hydrogen-bond acceptors (Lipinski definition) is 3. The molecule has 1 aromatic carbocycles. The molecule has 18 heavy (non-hydrogen) atoms. The van der Waals surface area contributed by atoms with Crippen molar-refractivity contribution in [2.24, 2.45) is 0 Å². The Kier molecular flexibility index (Phi) is 3.30. The van der Waals surface area contributed by atoms with E-state index in [0.29, 0.717) is 13.0 Å². The van der Waals surface area contributed by atoms with Gasteiger partial charge in [-0.25, -0.2) is 4.39 Å². The topological polar surface area (TPSA) is 30.5 Å². The van der Waals surface area contributed by atoms with Gasteiger partial charge in [-0.15, -0.1) is 0 Å². The first-order valence-electron chi connectivity index (χ1n) is 6.27. The van der Waals surface area contributed by atoms with Crippen molar-refractivity contribution in [3.05, 3.63) is 35.2 Å². The lowest BCUT2D eigenvalue weighted by molar-refractivity contribution is 0.000136. The molecule has 0 saturated carbocycles. The summed E-state index contributed by atoms with van der Waals surface area (Å²) in [5.74, 6) is 0.590. The van der Waals surface area contributed by atoms with Gasteiger partial charge in [0.05, 0.1) is 6.61 Å². The van der Waals surface area contributed by atoms with Gasteiger partial charge < -0.3 is 14.8 Å². The molecule has 1 aliphatic carbocycles. The van der Waals surface area contributed by atoms with Crippen molar-refractivity contribution in [2.75, 3.05) is 26.3 Å². The molecule has 1 aromatic rings. The van der Waals surface area contributed by atoms with Crippen LogP contribution in [0.2, 0.25) is 0 Å². The summed E-state index contributed by atoms with van der Waals surface area (Å²) in [6.45, 7) is 2.92. The molecule has 0 bridgehead atoms. The number of morpholine rings is 1. The lowest BCUT2D eigenvalue weighted by Gasteiger charge is -2.24. The van der Waals surface area contributed by atoms with Crippen LogP contribution < -0.4 is 10.1 Å². The Bertz CT molecular complexity index is 467. The third-order valence-corrected chi connectivity index (χ3v) is 3.30. The monoisotopic (exact) mass is 249 g/mol. The number of allylic oxidation sites excluding steroid dienone is 1.